The Morgan fingerprint density at radius 2 is 2.36 bits per heavy atom. The number of hydrogen-bond acceptors (Lipinski definition) is 2. The number of terminal acetylenes is 1. The summed E-state index contributed by atoms with van der Waals surface area (Å²) in [5, 5.41) is 2.89. The summed E-state index contributed by atoms with van der Waals surface area (Å²) in [6.07, 6.45) is 4.89. The minimum atomic E-state index is -0.508. The SMILES string of the molecule is C#CC(=O)Nc1ccc(OC)c(Cl)c1. The lowest BCUT2D eigenvalue weighted by atomic mass is 10.3. The van der Waals surface area contributed by atoms with E-state index in [9.17, 15) is 4.79 Å². The Hall–Kier alpha value is -1.66. The lowest BCUT2D eigenvalue weighted by molar-refractivity contribution is -0.111. The molecule has 1 N–H and O–H groups in total. The van der Waals surface area contributed by atoms with Crippen LogP contribution in [0.3, 0.4) is 0 Å². The van der Waals surface area contributed by atoms with Crippen molar-refractivity contribution in [1.29, 1.82) is 0 Å². The first kappa shape index (κ1) is 10.4. The zero-order chi connectivity index (χ0) is 10.6. The second-order valence-electron chi connectivity index (χ2n) is 2.45. The van der Waals surface area contributed by atoms with E-state index in [1.807, 2.05) is 5.92 Å². The van der Waals surface area contributed by atoms with E-state index in [-0.39, 0.29) is 0 Å². The zero-order valence-corrected chi connectivity index (χ0v) is 8.26. The third-order valence-electron chi connectivity index (χ3n) is 1.54. The normalized spacial score (nSPS) is 8.93. The van der Waals surface area contributed by atoms with Crippen LogP contribution in [-0.2, 0) is 4.79 Å². The molecule has 0 aliphatic rings. The monoisotopic (exact) mass is 209 g/mol. The molecule has 0 heterocycles. The number of methoxy groups -OCH3 is 1. The van der Waals surface area contributed by atoms with Crippen molar-refractivity contribution < 1.29 is 9.53 Å². The predicted octanol–water partition coefficient (Wildman–Crippen LogP) is 1.92. The van der Waals surface area contributed by atoms with Crippen LogP contribution in [0.15, 0.2) is 18.2 Å². The van der Waals surface area contributed by atoms with Crippen molar-refractivity contribution in [3.05, 3.63) is 23.2 Å². The minimum Gasteiger partial charge on any atom is -0.495 e. The number of carbonyl (C=O) groups is 1. The van der Waals surface area contributed by atoms with Crippen LogP contribution in [0, 0.1) is 12.3 Å². The zero-order valence-electron chi connectivity index (χ0n) is 7.50. The van der Waals surface area contributed by atoms with Crippen molar-refractivity contribution in [3.8, 4) is 18.1 Å². The van der Waals surface area contributed by atoms with Crippen molar-refractivity contribution in [3.63, 3.8) is 0 Å². The van der Waals surface area contributed by atoms with Crippen molar-refractivity contribution in [2.45, 2.75) is 0 Å². The fourth-order valence-electron chi connectivity index (χ4n) is 0.911. The van der Waals surface area contributed by atoms with E-state index in [1.54, 1.807) is 18.2 Å². The molecule has 0 radical (unpaired) electrons. The fraction of sp³-hybridized carbons (Fsp3) is 0.100. The van der Waals surface area contributed by atoms with Gasteiger partial charge in [-0.2, -0.15) is 0 Å². The fourth-order valence-corrected chi connectivity index (χ4v) is 1.17. The second kappa shape index (κ2) is 4.54. The molecule has 0 saturated carbocycles. The van der Waals surface area contributed by atoms with E-state index in [0.29, 0.717) is 16.5 Å². The van der Waals surface area contributed by atoms with Gasteiger partial charge in [0, 0.05) is 5.69 Å². The van der Waals surface area contributed by atoms with E-state index in [1.165, 1.54) is 7.11 Å². The summed E-state index contributed by atoms with van der Waals surface area (Å²) in [5.41, 5.74) is 0.541. The predicted molar refractivity (Wildman–Crippen MR) is 55.5 cm³/mol. The van der Waals surface area contributed by atoms with E-state index in [4.69, 9.17) is 22.8 Å². The highest BCUT2D eigenvalue weighted by molar-refractivity contribution is 6.32. The van der Waals surface area contributed by atoms with E-state index >= 15 is 0 Å². The number of benzene rings is 1. The molecule has 0 aliphatic carbocycles. The summed E-state index contributed by atoms with van der Waals surface area (Å²) in [5.74, 6) is 1.98. The average Bonchev–Trinajstić information content (AvgIpc) is 2.18. The molecule has 4 heteroatoms. The molecule has 0 aromatic heterocycles. The third kappa shape index (κ3) is 2.41. The molecule has 0 spiro atoms. The molecular formula is C10H8ClNO2. The number of nitrogens with one attached hydrogen (secondary N) is 1. The summed E-state index contributed by atoms with van der Waals surface area (Å²) in [6, 6.07) is 4.87. The Labute approximate surface area is 87.0 Å². The number of anilines is 1. The molecule has 1 rings (SSSR count). The van der Waals surface area contributed by atoms with Crippen molar-refractivity contribution in [2.24, 2.45) is 0 Å². The highest BCUT2D eigenvalue weighted by Crippen LogP contribution is 2.26. The molecular weight excluding hydrogens is 202 g/mol. The van der Waals surface area contributed by atoms with Gasteiger partial charge < -0.3 is 10.1 Å². The smallest absolute Gasteiger partial charge is 0.300 e. The molecule has 1 aromatic rings. The second-order valence-corrected chi connectivity index (χ2v) is 2.85. The highest BCUT2D eigenvalue weighted by atomic mass is 35.5. The van der Waals surface area contributed by atoms with Gasteiger partial charge in [-0.3, -0.25) is 4.79 Å². The molecule has 3 nitrogen and oxygen atoms in total. The quantitative estimate of drug-likeness (QED) is 0.756. The molecule has 0 saturated heterocycles. The Morgan fingerprint density at radius 3 is 2.86 bits per heavy atom. The Balaban J connectivity index is 2.87. The van der Waals surface area contributed by atoms with Gasteiger partial charge in [-0.05, 0) is 24.1 Å². The highest BCUT2D eigenvalue weighted by Gasteiger charge is 2.02. The maximum atomic E-state index is 10.8. The largest absolute Gasteiger partial charge is 0.495 e. The number of ether oxygens (including phenoxy) is 1. The summed E-state index contributed by atoms with van der Waals surface area (Å²) < 4.78 is 4.95. The van der Waals surface area contributed by atoms with Crippen LogP contribution in [0.4, 0.5) is 5.69 Å². The summed E-state index contributed by atoms with van der Waals surface area (Å²) in [7, 11) is 1.51. The van der Waals surface area contributed by atoms with Crippen LogP contribution in [0.25, 0.3) is 0 Å². The maximum Gasteiger partial charge on any atom is 0.300 e. The molecule has 1 amide bonds. The summed E-state index contributed by atoms with van der Waals surface area (Å²) in [6.45, 7) is 0. The van der Waals surface area contributed by atoms with Crippen molar-refractivity contribution in [2.75, 3.05) is 12.4 Å². The molecule has 0 unspecified atom stereocenters. The topological polar surface area (TPSA) is 38.3 Å². The maximum absolute atomic E-state index is 10.8. The van der Waals surface area contributed by atoms with Gasteiger partial charge in [0.05, 0.1) is 12.1 Å². The first-order valence-electron chi connectivity index (χ1n) is 3.78. The molecule has 0 fully saturated rings. The average molecular weight is 210 g/mol. The van der Waals surface area contributed by atoms with Crippen molar-refractivity contribution in [1.82, 2.24) is 0 Å². The van der Waals surface area contributed by atoms with Gasteiger partial charge in [-0.25, -0.2) is 0 Å². The lowest BCUT2D eigenvalue weighted by Gasteiger charge is -2.05. The molecule has 0 aliphatic heterocycles. The lowest BCUT2D eigenvalue weighted by Crippen LogP contribution is -2.07. The standard InChI is InChI=1S/C10H8ClNO2/c1-3-10(13)12-7-4-5-9(14-2)8(11)6-7/h1,4-6H,2H3,(H,12,13). The van der Waals surface area contributed by atoms with Gasteiger partial charge in [0.15, 0.2) is 0 Å². The first-order valence-corrected chi connectivity index (χ1v) is 4.16. The Bertz CT molecular complexity index is 396. The van der Waals surface area contributed by atoms with Gasteiger partial charge in [0.1, 0.15) is 5.75 Å². The van der Waals surface area contributed by atoms with E-state index < -0.39 is 5.91 Å². The van der Waals surface area contributed by atoms with Crippen LogP contribution in [0.1, 0.15) is 0 Å². The van der Waals surface area contributed by atoms with Crippen molar-refractivity contribution >= 4 is 23.2 Å². The molecule has 14 heavy (non-hydrogen) atoms. The van der Waals surface area contributed by atoms with Gasteiger partial charge >= 0.3 is 0 Å². The van der Waals surface area contributed by atoms with Crippen LogP contribution in [0.2, 0.25) is 5.02 Å². The van der Waals surface area contributed by atoms with Gasteiger partial charge in [-0.15, -0.1) is 6.42 Å². The third-order valence-corrected chi connectivity index (χ3v) is 1.84. The molecule has 72 valence electrons. The number of amides is 1. The summed E-state index contributed by atoms with van der Waals surface area (Å²) in [4.78, 5) is 10.8. The number of halogens is 1. The number of hydrogen-bond donors (Lipinski definition) is 1. The van der Waals surface area contributed by atoms with Crippen LogP contribution >= 0.6 is 11.6 Å². The molecule has 1 aromatic carbocycles. The van der Waals surface area contributed by atoms with Crippen LogP contribution in [0.5, 0.6) is 5.75 Å². The Morgan fingerprint density at radius 1 is 1.64 bits per heavy atom. The first-order chi connectivity index (χ1) is 6.67. The Kier molecular flexibility index (Phi) is 3.38. The van der Waals surface area contributed by atoms with Crippen LogP contribution in [-0.4, -0.2) is 13.0 Å². The van der Waals surface area contributed by atoms with E-state index in [0.717, 1.165) is 0 Å². The van der Waals surface area contributed by atoms with Crippen LogP contribution < -0.4 is 10.1 Å². The molecule has 0 atom stereocenters. The number of rotatable bonds is 2. The van der Waals surface area contributed by atoms with Gasteiger partial charge in [0.25, 0.3) is 5.91 Å². The molecule has 0 bridgehead atoms. The number of carbonyl (C=O) groups excluding carboxylic acids is 1. The summed E-state index contributed by atoms with van der Waals surface area (Å²) >= 11 is 5.83. The minimum absolute atomic E-state index is 0.419. The van der Waals surface area contributed by atoms with Gasteiger partial charge in [-0.1, -0.05) is 11.6 Å². The van der Waals surface area contributed by atoms with Gasteiger partial charge in [0.2, 0.25) is 0 Å². The van der Waals surface area contributed by atoms with E-state index in [2.05, 4.69) is 5.32 Å².